The zero-order chi connectivity index (χ0) is 18.9. The van der Waals surface area contributed by atoms with Crippen molar-refractivity contribution in [2.45, 2.75) is 51.3 Å². The maximum atomic E-state index is 13.1. The average Bonchev–Trinajstić information content (AvgIpc) is 3.03. The molecule has 0 N–H and O–H groups in total. The molecule has 0 fully saturated rings. The molecular weight excluding hydrogens is 335 g/mol. The van der Waals surface area contributed by atoms with Crippen molar-refractivity contribution in [2.24, 2.45) is 0 Å². The van der Waals surface area contributed by atoms with Crippen molar-refractivity contribution >= 4 is 5.97 Å². The highest BCUT2D eigenvalue weighted by atomic mass is 19.4. The van der Waals surface area contributed by atoms with Crippen LogP contribution in [0.3, 0.4) is 0 Å². The van der Waals surface area contributed by atoms with E-state index in [1.165, 1.54) is 13.8 Å². The standard InChI is InChI=1S/C18H20F3NO3/c1-16(2,15(23)24-11-12-8-6-5-7-9-12)14-10-13(22-25-14)17(3,4)18(19,20)21/h5-10H,11H2,1-4H3. The summed E-state index contributed by atoms with van der Waals surface area (Å²) in [7, 11) is 0. The Morgan fingerprint density at radius 3 is 2.28 bits per heavy atom. The number of carbonyl (C=O) groups excluding carboxylic acids is 1. The van der Waals surface area contributed by atoms with Crippen molar-refractivity contribution in [2.75, 3.05) is 0 Å². The molecule has 0 aliphatic heterocycles. The molecule has 0 atom stereocenters. The Hall–Kier alpha value is -2.31. The average molecular weight is 355 g/mol. The Labute approximate surface area is 144 Å². The summed E-state index contributed by atoms with van der Waals surface area (Å²) in [5.41, 5.74) is -2.91. The first kappa shape index (κ1) is 19.0. The first-order valence-corrected chi connectivity index (χ1v) is 7.72. The molecule has 0 amide bonds. The number of hydrogen-bond donors (Lipinski definition) is 0. The Morgan fingerprint density at radius 1 is 1.12 bits per heavy atom. The van der Waals surface area contributed by atoms with E-state index in [0.717, 1.165) is 25.5 Å². The highest BCUT2D eigenvalue weighted by Gasteiger charge is 2.51. The Kier molecular flexibility index (Phi) is 4.97. The number of alkyl halides is 3. The molecule has 0 unspecified atom stereocenters. The van der Waals surface area contributed by atoms with Crippen molar-refractivity contribution in [3.8, 4) is 0 Å². The van der Waals surface area contributed by atoms with E-state index in [2.05, 4.69) is 5.16 Å². The molecule has 0 radical (unpaired) electrons. The minimum absolute atomic E-state index is 0.0258. The van der Waals surface area contributed by atoms with Crippen LogP contribution in [0.5, 0.6) is 0 Å². The molecule has 2 rings (SSSR count). The molecular formula is C18H20F3NO3. The highest BCUT2D eigenvalue weighted by Crippen LogP contribution is 2.41. The van der Waals surface area contributed by atoms with Gasteiger partial charge in [-0.15, -0.1) is 0 Å². The van der Waals surface area contributed by atoms with Gasteiger partial charge < -0.3 is 9.26 Å². The van der Waals surface area contributed by atoms with Crippen molar-refractivity contribution < 1.29 is 27.2 Å². The number of ether oxygens (including phenoxy) is 1. The SMILES string of the molecule is CC(C)(C(=O)OCc1ccccc1)c1cc(C(C)(C)C(F)(F)F)no1. The molecule has 136 valence electrons. The summed E-state index contributed by atoms with van der Waals surface area (Å²) in [4.78, 5) is 12.4. The lowest BCUT2D eigenvalue weighted by Gasteiger charge is -2.25. The lowest BCUT2D eigenvalue weighted by Crippen LogP contribution is -2.36. The number of rotatable bonds is 5. The normalized spacial score (nSPS) is 12.9. The van der Waals surface area contributed by atoms with Crippen molar-refractivity contribution in [1.82, 2.24) is 5.16 Å². The van der Waals surface area contributed by atoms with Gasteiger partial charge in [0.1, 0.15) is 17.4 Å². The van der Waals surface area contributed by atoms with E-state index in [-0.39, 0.29) is 18.1 Å². The molecule has 0 bridgehead atoms. The van der Waals surface area contributed by atoms with Gasteiger partial charge in [0.05, 0.1) is 5.69 Å². The predicted molar refractivity (Wildman–Crippen MR) is 84.8 cm³/mol. The number of carbonyl (C=O) groups is 1. The van der Waals surface area contributed by atoms with Gasteiger partial charge in [-0.3, -0.25) is 4.79 Å². The maximum absolute atomic E-state index is 13.1. The molecule has 0 saturated heterocycles. The second-order valence-corrected chi connectivity index (χ2v) is 6.89. The van der Waals surface area contributed by atoms with Gasteiger partial charge in [0.15, 0.2) is 5.76 Å². The van der Waals surface area contributed by atoms with Gasteiger partial charge in [-0.2, -0.15) is 13.2 Å². The predicted octanol–water partition coefficient (Wildman–Crippen LogP) is 4.54. The van der Waals surface area contributed by atoms with E-state index in [1.54, 1.807) is 12.1 Å². The van der Waals surface area contributed by atoms with Gasteiger partial charge in [-0.25, -0.2) is 0 Å². The molecule has 25 heavy (non-hydrogen) atoms. The zero-order valence-corrected chi connectivity index (χ0v) is 14.5. The van der Waals surface area contributed by atoms with Gasteiger partial charge in [0.2, 0.25) is 0 Å². The van der Waals surface area contributed by atoms with Gasteiger partial charge in [0.25, 0.3) is 0 Å². The topological polar surface area (TPSA) is 52.3 Å². The second kappa shape index (κ2) is 6.54. The fourth-order valence-electron chi connectivity index (χ4n) is 2.01. The highest BCUT2D eigenvalue weighted by molar-refractivity contribution is 5.81. The first-order valence-electron chi connectivity index (χ1n) is 7.72. The molecule has 7 heteroatoms. The number of hydrogen-bond acceptors (Lipinski definition) is 4. The quantitative estimate of drug-likeness (QED) is 0.739. The Balaban J connectivity index is 2.15. The molecule has 0 spiro atoms. The summed E-state index contributed by atoms with van der Waals surface area (Å²) in [5.74, 6) is -0.582. The van der Waals surface area contributed by atoms with Crippen LogP contribution in [0.1, 0.15) is 44.7 Å². The fraction of sp³-hybridized carbons (Fsp3) is 0.444. The number of aromatic nitrogens is 1. The third kappa shape index (κ3) is 3.86. The van der Waals surface area contributed by atoms with Crippen molar-refractivity contribution in [3.05, 3.63) is 53.4 Å². The molecule has 0 aliphatic rings. The van der Waals surface area contributed by atoms with Crippen LogP contribution in [0, 0.1) is 0 Å². The first-order chi connectivity index (χ1) is 11.5. The zero-order valence-electron chi connectivity index (χ0n) is 14.5. The van der Waals surface area contributed by atoms with Crippen LogP contribution in [-0.2, 0) is 27.0 Å². The summed E-state index contributed by atoms with van der Waals surface area (Å²) in [6.45, 7) is 5.12. The second-order valence-electron chi connectivity index (χ2n) is 6.89. The van der Waals surface area contributed by atoms with E-state index >= 15 is 0 Å². The van der Waals surface area contributed by atoms with Gasteiger partial charge in [-0.1, -0.05) is 35.5 Å². The van der Waals surface area contributed by atoms with E-state index in [0.29, 0.717) is 0 Å². The van der Waals surface area contributed by atoms with E-state index in [4.69, 9.17) is 9.26 Å². The van der Waals surface area contributed by atoms with E-state index < -0.39 is 23.0 Å². The number of esters is 1. The van der Waals surface area contributed by atoms with Crippen LogP contribution < -0.4 is 0 Å². The van der Waals surface area contributed by atoms with Crippen LogP contribution in [0.2, 0.25) is 0 Å². The van der Waals surface area contributed by atoms with Crippen molar-refractivity contribution in [3.63, 3.8) is 0 Å². The van der Waals surface area contributed by atoms with Crippen LogP contribution >= 0.6 is 0 Å². The van der Waals surface area contributed by atoms with E-state index in [1.807, 2.05) is 18.2 Å². The van der Waals surface area contributed by atoms with Gasteiger partial charge >= 0.3 is 12.1 Å². The van der Waals surface area contributed by atoms with Crippen LogP contribution in [0.15, 0.2) is 40.9 Å². The monoisotopic (exact) mass is 355 g/mol. The molecule has 2 aromatic rings. The fourth-order valence-corrected chi connectivity index (χ4v) is 2.01. The molecule has 1 heterocycles. The summed E-state index contributed by atoms with van der Waals surface area (Å²) in [6.07, 6.45) is -4.49. The molecule has 4 nitrogen and oxygen atoms in total. The molecule has 1 aromatic carbocycles. The van der Waals surface area contributed by atoms with Crippen LogP contribution in [0.4, 0.5) is 13.2 Å². The smallest absolute Gasteiger partial charge is 0.399 e. The minimum atomic E-state index is -4.49. The lowest BCUT2D eigenvalue weighted by molar-refractivity contribution is -0.181. The summed E-state index contributed by atoms with van der Waals surface area (Å²) in [5, 5.41) is 3.52. The lowest BCUT2D eigenvalue weighted by atomic mass is 9.85. The van der Waals surface area contributed by atoms with Gasteiger partial charge in [0, 0.05) is 6.07 Å². The third-order valence-corrected chi connectivity index (χ3v) is 4.20. The Bertz CT molecular complexity index is 734. The number of halogens is 3. The number of benzene rings is 1. The molecule has 0 saturated carbocycles. The summed E-state index contributed by atoms with van der Waals surface area (Å²) in [6, 6.07) is 10.2. The molecule has 0 aliphatic carbocycles. The van der Waals surface area contributed by atoms with Gasteiger partial charge in [-0.05, 0) is 33.3 Å². The summed E-state index contributed by atoms with van der Waals surface area (Å²) < 4.78 is 49.6. The maximum Gasteiger partial charge on any atom is 0.399 e. The third-order valence-electron chi connectivity index (χ3n) is 4.20. The van der Waals surface area contributed by atoms with E-state index in [9.17, 15) is 18.0 Å². The van der Waals surface area contributed by atoms with Crippen LogP contribution in [0.25, 0.3) is 0 Å². The van der Waals surface area contributed by atoms with Crippen LogP contribution in [-0.4, -0.2) is 17.3 Å². The Morgan fingerprint density at radius 2 is 1.72 bits per heavy atom. The largest absolute Gasteiger partial charge is 0.460 e. The minimum Gasteiger partial charge on any atom is -0.460 e. The summed E-state index contributed by atoms with van der Waals surface area (Å²) >= 11 is 0. The molecule has 1 aromatic heterocycles. The number of nitrogens with zero attached hydrogens (tertiary/aromatic N) is 1. The van der Waals surface area contributed by atoms with Crippen molar-refractivity contribution in [1.29, 1.82) is 0 Å².